The Labute approximate surface area is 110 Å². The Balaban J connectivity index is 0. The van der Waals surface area contributed by atoms with Crippen molar-refractivity contribution in [2.24, 2.45) is 5.73 Å². The van der Waals surface area contributed by atoms with Gasteiger partial charge in [0.15, 0.2) is 0 Å². The number of ether oxygens (including phenoxy) is 1. The van der Waals surface area contributed by atoms with Crippen LogP contribution in [-0.4, -0.2) is 18.6 Å². The van der Waals surface area contributed by atoms with E-state index in [0.717, 1.165) is 12.8 Å². The fraction of sp³-hybridized carbons (Fsp3) is 0.900. The van der Waals surface area contributed by atoms with Crippen LogP contribution in [-0.2, 0) is 9.53 Å². The molecule has 3 nitrogen and oxygen atoms in total. The Morgan fingerprint density at radius 3 is 2.21 bits per heavy atom. The normalized spacial score (nSPS) is 18.9. The molecule has 0 aromatic rings. The monoisotopic (exact) mass is 209 g/mol. The molecule has 1 fully saturated rings. The molecule has 2 N–H and O–H groups in total. The number of hydrogen-bond donors (Lipinski definition) is 1. The summed E-state index contributed by atoms with van der Waals surface area (Å²) in [6.07, 6.45) is 8.42. The van der Waals surface area contributed by atoms with Gasteiger partial charge in [-0.1, -0.05) is 19.3 Å². The first-order valence-corrected chi connectivity index (χ1v) is 5.22. The molecule has 78 valence electrons. The minimum absolute atomic E-state index is 0. The molecule has 1 aliphatic carbocycles. The summed E-state index contributed by atoms with van der Waals surface area (Å²) in [5, 5.41) is 0. The van der Waals surface area contributed by atoms with Crippen molar-refractivity contribution in [3.05, 3.63) is 0 Å². The van der Waals surface area contributed by atoms with E-state index in [2.05, 4.69) is 0 Å². The van der Waals surface area contributed by atoms with Gasteiger partial charge in [0.2, 0.25) is 0 Å². The summed E-state index contributed by atoms with van der Waals surface area (Å²) in [6, 6.07) is 0. The molecular formula is C10H20NNaO2. The van der Waals surface area contributed by atoms with Crippen LogP contribution in [0, 0.1) is 0 Å². The van der Waals surface area contributed by atoms with Crippen molar-refractivity contribution in [1.29, 1.82) is 0 Å². The largest absolute Gasteiger partial charge is 1.00 e. The molecule has 1 rings (SSSR count). The van der Waals surface area contributed by atoms with Gasteiger partial charge in [-0.25, -0.2) is 0 Å². The van der Waals surface area contributed by atoms with Crippen LogP contribution in [0.15, 0.2) is 0 Å². The molecule has 1 aliphatic rings. The van der Waals surface area contributed by atoms with Crippen LogP contribution >= 0.6 is 0 Å². The van der Waals surface area contributed by atoms with Crippen molar-refractivity contribution in [3.63, 3.8) is 0 Å². The van der Waals surface area contributed by atoms with E-state index >= 15 is 0 Å². The molecule has 0 spiro atoms. The molecule has 0 aromatic carbocycles. The molecule has 0 aromatic heterocycles. The number of carbonyl (C=O) groups excluding carboxylic acids is 1. The number of rotatable bonds is 2. The second kappa shape index (κ2) is 8.72. The molecule has 0 unspecified atom stereocenters. The van der Waals surface area contributed by atoms with Crippen LogP contribution in [0.1, 0.15) is 46.4 Å². The number of esters is 1. The van der Waals surface area contributed by atoms with Crippen molar-refractivity contribution < 1.29 is 40.5 Å². The molecule has 0 bridgehead atoms. The molecule has 4 heteroatoms. The summed E-state index contributed by atoms with van der Waals surface area (Å²) in [7, 11) is 0. The van der Waals surface area contributed by atoms with Crippen molar-refractivity contribution in [3.8, 4) is 0 Å². The zero-order valence-corrected chi connectivity index (χ0v) is 11.1. The smallest absolute Gasteiger partial charge is 1.00 e. The molecule has 0 saturated heterocycles. The summed E-state index contributed by atoms with van der Waals surface area (Å²) >= 11 is 0. The maximum absolute atomic E-state index is 10.9. The standard InChI is InChI=1S/C10H19NO2.Na.H/c11-8-10(12)13-9-6-4-2-1-3-5-7-9;;/h9H,1-8,11H2;;/q;+1;-1. The van der Waals surface area contributed by atoms with E-state index in [4.69, 9.17) is 10.5 Å². The van der Waals surface area contributed by atoms with Gasteiger partial charge in [-0.15, -0.1) is 0 Å². The van der Waals surface area contributed by atoms with Gasteiger partial charge >= 0.3 is 35.5 Å². The molecular weight excluding hydrogens is 189 g/mol. The van der Waals surface area contributed by atoms with Crippen LogP contribution in [0.5, 0.6) is 0 Å². The summed E-state index contributed by atoms with van der Waals surface area (Å²) in [5.74, 6) is -0.259. The Kier molecular flexibility index (Phi) is 8.98. The van der Waals surface area contributed by atoms with Crippen LogP contribution in [0.4, 0.5) is 0 Å². The first-order valence-electron chi connectivity index (χ1n) is 5.22. The Bertz CT molecular complexity index is 162. The Hall–Kier alpha value is 0.430. The van der Waals surface area contributed by atoms with Crippen molar-refractivity contribution >= 4 is 5.97 Å². The van der Waals surface area contributed by atoms with E-state index in [9.17, 15) is 4.79 Å². The number of hydrogen-bond acceptors (Lipinski definition) is 3. The molecule has 14 heavy (non-hydrogen) atoms. The third kappa shape index (κ3) is 6.02. The predicted molar refractivity (Wildman–Crippen MR) is 52.4 cm³/mol. The summed E-state index contributed by atoms with van der Waals surface area (Å²) < 4.78 is 5.21. The van der Waals surface area contributed by atoms with E-state index < -0.39 is 0 Å². The van der Waals surface area contributed by atoms with Gasteiger partial charge in [0.05, 0.1) is 6.54 Å². The van der Waals surface area contributed by atoms with Gasteiger partial charge in [-0.05, 0) is 25.7 Å². The van der Waals surface area contributed by atoms with E-state index in [1.54, 1.807) is 0 Å². The van der Waals surface area contributed by atoms with Gasteiger partial charge in [-0.2, -0.15) is 0 Å². The molecule has 0 aliphatic heterocycles. The van der Waals surface area contributed by atoms with Crippen molar-refractivity contribution in [2.45, 2.75) is 51.0 Å². The van der Waals surface area contributed by atoms with Gasteiger partial charge in [0.1, 0.15) is 6.10 Å². The van der Waals surface area contributed by atoms with Crippen LogP contribution < -0.4 is 35.3 Å². The van der Waals surface area contributed by atoms with Gasteiger partial charge in [-0.3, -0.25) is 4.79 Å². The average molecular weight is 209 g/mol. The second-order valence-corrected chi connectivity index (χ2v) is 3.66. The van der Waals surface area contributed by atoms with E-state index in [1.165, 1.54) is 32.1 Å². The first kappa shape index (κ1) is 14.4. The summed E-state index contributed by atoms with van der Waals surface area (Å²) in [5.41, 5.74) is 5.18. The van der Waals surface area contributed by atoms with Crippen molar-refractivity contribution in [2.75, 3.05) is 6.54 Å². The maximum atomic E-state index is 10.9. The minimum atomic E-state index is -0.259. The van der Waals surface area contributed by atoms with Crippen molar-refractivity contribution in [1.82, 2.24) is 0 Å². The van der Waals surface area contributed by atoms with Gasteiger partial charge in [0, 0.05) is 0 Å². The third-order valence-electron chi connectivity index (χ3n) is 2.52. The summed E-state index contributed by atoms with van der Waals surface area (Å²) in [4.78, 5) is 10.9. The number of carbonyl (C=O) groups is 1. The zero-order valence-electron chi connectivity index (χ0n) is 10.1. The summed E-state index contributed by atoms with van der Waals surface area (Å²) in [6.45, 7) is 0.0104. The van der Waals surface area contributed by atoms with Gasteiger partial charge in [0.25, 0.3) is 0 Å². The maximum Gasteiger partial charge on any atom is 1.00 e. The zero-order chi connectivity index (χ0) is 9.52. The first-order chi connectivity index (χ1) is 6.33. The fourth-order valence-electron chi connectivity index (χ4n) is 1.77. The van der Waals surface area contributed by atoms with E-state index in [-0.39, 0.29) is 49.6 Å². The van der Waals surface area contributed by atoms with E-state index in [1.807, 2.05) is 0 Å². The fourth-order valence-corrected chi connectivity index (χ4v) is 1.77. The van der Waals surface area contributed by atoms with Crippen LogP contribution in [0.2, 0.25) is 0 Å². The quantitative estimate of drug-likeness (QED) is 0.455. The molecule has 0 heterocycles. The Morgan fingerprint density at radius 1 is 1.21 bits per heavy atom. The average Bonchev–Trinajstić information content (AvgIpc) is 2.09. The second-order valence-electron chi connectivity index (χ2n) is 3.66. The van der Waals surface area contributed by atoms with E-state index in [0.29, 0.717) is 0 Å². The van der Waals surface area contributed by atoms with Crippen LogP contribution in [0.25, 0.3) is 0 Å². The molecule has 1 saturated carbocycles. The van der Waals surface area contributed by atoms with Crippen LogP contribution in [0.3, 0.4) is 0 Å². The molecule has 0 amide bonds. The Morgan fingerprint density at radius 2 is 1.71 bits per heavy atom. The van der Waals surface area contributed by atoms with Gasteiger partial charge < -0.3 is 11.9 Å². The molecule has 0 atom stereocenters. The molecule has 0 radical (unpaired) electrons. The topological polar surface area (TPSA) is 52.3 Å². The number of nitrogens with two attached hydrogens (primary N) is 1. The SMILES string of the molecule is NCC(=O)OC1CCCCCCC1.[H-].[Na+]. The predicted octanol–water partition coefficient (Wildman–Crippen LogP) is -1.28. The minimum Gasteiger partial charge on any atom is -1.00 e. The third-order valence-corrected chi connectivity index (χ3v) is 2.52.